The van der Waals surface area contributed by atoms with Gasteiger partial charge in [-0.25, -0.2) is 4.79 Å². The van der Waals surface area contributed by atoms with Crippen LogP contribution in [0.25, 0.3) is 0 Å². The standard InChI is InChI=1S/C16H16N2O5/c1-9-13(10(2)23-17-9)15(19)18-7-8-22-12-6-4-3-5-11(12)14(18)16(20)21/h3-6,14H,7-8H2,1-2H3,(H,20,21). The lowest BCUT2D eigenvalue weighted by molar-refractivity contribution is -0.142. The quantitative estimate of drug-likeness (QED) is 0.910. The molecule has 1 aliphatic heterocycles. The van der Waals surface area contributed by atoms with Crippen LogP contribution in [0.3, 0.4) is 0 Å². The lowest BCUT2D eigenvalue weighted by atomic mass is 10.0. The molecule has 0 fully saturated rings. The van der Waals surface area contributed by atoms with Crippen molar-refractivity contribution in [1.82, 2.24) is 10.1 Å². The summed E-state index contributed by atoms with van der Waals surface area (Å²) in [7, 11) is 0. The first kappa shape index (κ1) is 15.1. The van der Waals surface area contributed by atoms with Crippen molar-refractivity contribution in [2.45, 2.75) is 19.9 Å². The number of ether oxygens (including phenoxy) is 1. The van der Waals surface area contributed by atoms with Gasteiger partial charge in [0.25, 0.3) is 5.91 Å². The van der Waals surface area contributed by atoms with Gasteiger partial charge in [0, 0.05) is 5.56 Å². The molecule has 0 bridgehead atoms. The van der Waals surface area contributed by atoms with Crippen molar-refractivity contribution in [3.8, 4) is 5.75 Å². The fraction of sp³-hybridized carbons (Fsp3) is 0.312. The van der Waals surface area contributed by atoms with Gasteiger partial charge in [-0.3, -0.25) is 4.79 Å². The molecule has 1 aromatic carbocycles. The summed E-state index contributed by atoms with van der Waals surface area (Å²) in [6.07, 6.45) is 0. The Morgan fingerprint density at radius 1 is 1.30 bits per heavy atom. The van der Waals surface area contributed by atoms with Crippen molar-refractivity contribution < 1.29 is 24.0 Å². The number of amides is 1. The van der Waals surface area contributed by atoms with Crippen LogP contribution in [-0.4, -0.2) is 40.2 Å². The number of benzene rings is 1. The molecule has 3 rings (SSSR count). The van der Waals surface area contributed by atoms with Crippen LogP contribution >= 0.6 is 0 Å². The van der Waals surface area contributed by atoms with Gasteiger partial charge < -0.3 is 19.3 Å². The number of hydrogen-bond acceptors (Lipinski definition) is 5. The summed E-state index contributed by atoms with van der Waals surface area (Å²) in [6.45, 7) is 3.66. The van der Waals surface area contributed by atoms with Crippen LogP contribution < -0.4 is 4.74 Å². The molecule has 1 aliphatic rings. The highest BCUT2D eigenvalue weighted by molar-refractivity contribution is 5.98. The third-order valence-corrected chi connectivity index (χ3v) is 3.86. The average Bonchev–Trinajstić information content (AvgIpc) is 2.74. The van der Waals surface area contributed by atoms with E-state index in [2.05, 4.69) is 5.16 Å². The first-order chi connectivity index (χ1) is 11.0. The van der Waals surface area contributed by atoms with Crippen molar-refractivity contribution in [3.63, 3.8) is 0 Å². The minimum Gasteiger partial charge on any atom is -0.491 e. The van der Waals surface area contributed by atoms with Crippen LogP contribution in [0.15, 0.2) is 28.8 Å². The largest absolute Gasteiger partial charge is 0.491 e. The summed E-state index contributed by atoms with van der Waals surface area (Å²) in [4.78, 5) is 26.0. The average molecular weight is 316 g/mol. The maximum absolute atomic E-state index is 12.9. The van der Waals surface area contributed by atoms with Crippen LogP contribution in [0.1, 0.15) is 33.4 Å². The van der Waals surface area contributed by atoms with Crippen LogP contribution in [0.4, 0.5) is 0 Å². The normalized spacial score (nSPS) is 17.1. The van der Waals surface area contributed by atoms with Crippen LogP contribution in [0.5, 0.6) is 5.75 Å². The number of rotatable bonds is 2. The minimum absolute atomic E-state index is 0.161. The lowest BCUT2D eigenvalue weighted by Gasteiger charge is -2.26. The van der Waals surface area contributed by atoms with Gasteiger partial charge in [0.2, 0.25) is 0 Å². The molecule has 7 heteroatoms. The molecule has 0 saturated carbocycles. The van der Waals surface area contributed by atoms with E-state index < -0.39 is 17.9 Å². The maximum atomic E-state index is 12.9. The van der Waals surface area contributed by atoms with E-state index >= 15 is 0 Å². The molecule has 120 valence electrons. The number of hydrogen-bond donors (Lipinski definition) is 1. The van der Waals surface area contributed by atoms with E-state index in [1.165, 1.54) is 4.90 Å². The lowest BCUT2D eigenvalue weighted by Crippen LogP contribution is -2.40. The number of carboxylic acids is 1. The molecule has 0 spiro atoms. The molecular weight excluding hydrogens is 300 g/mol. The third-order valence-electron chi connectivity index (χ3n) is 3.86. The summed E-state index contributed by atoms with van der Waals surface area (Å²) in [5, 5.41) is 13.4. The van der Waals surface area contributed by atoms with E-state index in [-0.39, 0.29) is 13.2 Å². The molecule has 0 radical (unpaired) electrons. The Morgan fingerprint density at radius 3 is 2.70 bits per heavy atom. The SMILES string of the molecule is Cc1noc(C)c1C(=O)N1CCOc2ccccc2C1C(=O)O. The van der Waals surface area contributed by atoms with Crippen molar-refractivity contribution in [2.75, 3.05) is 13.2 Å². The second-order valence-corrected chi connectivity index (χ2v) is 5.32. The molecule has 0 saturated heterocycles. The summed E-state index contributed by atoms with van der Waals surface area (Å²) >= 11 is 0. The molecule has 1 unspecified atom stereocenters. The van der Waals surface area contributed by atoms with Crippen molar-refractivity contribution in [1.29, 1.82) is 0 Å². The molecule has 1 N–H and O–H groups in total. The fourth-order valence-electron chi connectivity index (χ4n) is 2.81. The van der Waals surface area contributed by atoms with Crippen molar-refractivity contribution in [3.05, 3.63) is 46.8 Å². The van der Waals surface area contributed by atoms with E-state index in [0.29, 0.717) is 28.3 Å². The van der Waals surface area contributed by atoms with Crippen LogP contribution in [0.2, 0.25) is 0 Å². The maximum Gasteiger partial charge on any atom is 0.331 e. The second-order valence-electron chi connectivity index (χ2n) is 5.32. The Labute approximate surface area is 132 Å². The number of carbonyl (C=O) groups excluding carboxylic acids is 1. The Kier molecular flexibility index (Phi) is 3.77. The highest BCUT2D eigenvalue weighted by Gasteiger charge is 2.37. The predicted molar refractivity (Wildman–Crippen MR) is 79.3 cm³/mol. The van der Waals surface area contributed by atoms with Gasteiger partial charge >= 0.3 is 5.97 Å². The molecule has 23 heavy (non-hydrogen) atoms. The zero-order valence-corrected chi connectivity index (χ0v) is 12.8. The number of aryl methyl sites for hydroxylation is 2. The number of carboxylic acid groups (broad SMARTS) is 1. The van der Waals surface area contributed by atoms with E-state index in [1.54, 1.807) is 38.1 Å². The van der Waals surface area contributed by atoms with E-state index in [1.807, 2.05) is 0 Å². The number of carbonyl (C=O) groups is 2. The summed E-state index contributed by atoms with van der Waals surface area (Å²) in [6, 6.07) is 5.74. The van der Waals surface area contributed by atoms with E-state index in [0.717, 1.165) is 0 Å². The van der Waals surface area contributed by atoms with Crippen molar-refractivity contribution >= 4 is 11.9 Å². The number of fused-ring (bicyclic) bond motifs is 1. The van der Waals surface area contributed by atoms with Gasteiger partial charge in [0.15, 0.2) is 6.04 Å². The smallest absolute Gasteiger partial charge is 0.331 e. The Balaban J connectivity index is 2.07. The van der Waals surface area contributed by atoms with E-state index in [4.69, 9.17) is 9.26 Å². The number of nitrogens with zero attached hydrogens (tertiary/aromatic N) is 2. The minimum atomic E-state index is -1.12. The molecule has 1 atom stereocenters. The zero-order chi connectivity index (χ0) is 16.6. The van der Waals surface area contributed by atoms with Gasteiger partial charge in [-0.15, -0.1) is 0 Å². The van der Waals surface area contributed by atoms with Crippen LogP contribution in [-0.2, 0) is 4.79 Å². The highest BCUT2D eigenvalue weighted by atomic mass is 16.5. The Bertz CT molecular complexity index is 748. The predicted octanol–water partition coefficient (Wildman–Crippen LogP) is 1.95. The molecule has 0 aliphatic carbocycles. The topological polar surface area (TPSA) is 92.9 Å². The van der Waals surface area contributed by atoms with Crippen molar-refractivity contribution in [2.24, 2.45) is 0 Å². The van der Waals surface area contributed by atoms with Gasteiger partial charge in [-0.05, 0) is 19.9 Å². The first-order valence-electron chi connectivity index (χ1n) is 7.19. The van der Waals surface area contributed by atoms with Crippen LogP contribution in [0, 0.1) is 13.8 Å². The van der Waals surface area contributed by atoms with Gasteiger partial charge in [-0.2, -0.15) is 0 Å². The summed E-state index contributed by atoms with van der Waals surface area (Å²) < 4.78 is 10.6. The second kappa shape index (κ2) is 5.75. The number of aliphatic carboxylic acids is 1. The molecular formula is C16H16N2O5. The molecule has 7 nitrogen and oxygen atoms in total. The highest BCUT2D eigenvalue weighted by Crippen LogP contribution is 2.33. The molecule has 2 heterocycles. The van der Waals surface area contributed by atoms with E-state index in [9.17, 15) is 14.7 Å². The van der Waals surface area contributed by atoms with Gasteiger partial charge in [0.1, 0.15) is 23.7 Å². The van der Waals surface area contributed by atoms with Gasteiger partial charge in [-0.1, -0.05) is 23.4 Å². The third kappa shape index (κ3) is 2.54. The fourth-order valence-corrected chi connectivity index (χ4v) is 2.81. The Morgan fingerprint density at radius 2 is 2.04 bits per heavy atom. The van der Waals surface area contributed by atoms with Gasteiger partial charge in [0.05, 0.1) is 12.2 Å². The monoisotopic (exact) mass is 316 g/mol. The number of aromatic nitrogens is 1. The Hall–Kier alpha value is -2.83. The number of para-hydroxylation sites is 1. The summed E-state index contributed by atoms with van der Waals surface area (Å²) in [5.41, 5.74) is 1.20. The summed E-state index contributed by atoms with van der Waals surface area (Å²) in [5.74, 6) is -0.680. The molecule has 1 amide bonds. The zero-order valence-electron chi connectivity index (χ0n) is 12.8. The first-order valence-corrected chi connectivity index (χ1v) is 7.19. The molecule has 1 aromatic heterocycles. The molecule has 2 aromatic rings.